The molecule has 7 heteroatoms. The highest BCUT2D eigenvalue weighted by Gasteiger charge is 2.34. The number of ether oxygens (including phenoxy) is 1. The second-order valence-corrected chi connectivity index (χ2v) is 7.21. The van der Waals surface area contributed by atoms with Gasteiger partial charge in [-0.25, -0.2) is 0 Å². The molecule has 2 aliphatic heterocycles. The summed E-state index contributed by atoms with van der Waals surface area (Å²) in [6.45, 7) is 9.13. The molecule has 2 heterocycles. The first-order chi connectivity index (χ1) is 10.1. The van der Waals surface area contributed by atoms with E-state index in [0.717, 1.165) is 18.8 Å². The molecule has 2 rings (SSSR count). The van der Waals surface area contributed by atoms with E-state index in [0.29, 0.717) is 28.1 Å². The van der Waals surface area contributed by atoms with Gasteiger partial charge in [-0.2, -0.15) is 0 Å². The molecule has 0 aromatic rings. The maximum atomic E-state index is 12.4. The molecule has 116 valence electrons. The van der Waals surface area contributed by atoms with E-state index >= 15 is 0 Å². The van der Waals surface area contributed by atoms with Gasteiger partial charge in [-0.05, 0) is 20.8 Å². The minimum atomic E-state index is -0.0427. The lowest BCUT2D eigenvalue weighted by atomic mass is 10.3. The molecule has 0 unspecified atom stereocenters. The number of likely N-dealkylation sites (N-methyl/N-ethyl adjacent to an activating group) is 1. The molecule has 0 saturated carbocycles. The summed E-state index contributed by atoms with van der Waals surface area (Å²) in [5.74, 6) is 1.68. The smallest absolute Gasteiger partial charge is 0.269 e. The van der Waals surface area contributed by atoms with Gasteiger partial charge in [0.05, 0.1) is 11.6 Å². The standard InChI is InChI=1S/C14H20N2O2S3/c1-4-15-7-8-20-11(15)9-10(18-6-3)12-13(17)16(5-2)14(19)21-12/h9H,4-8H2,1-3H3. The number of carbonyl (C=O) groups is 1. The number of hydrogen-bond donors (Lipinski definition) is 0. The van der Waals surface area contributed by atoms with E-state index in [1.165, 1.54) is 16.8 Å². The lowest BCUT2D eigenvalue weighted by molar-refractivity contribution is -0.122. The SMILES string of the molecule is CCOC(C=C1SCCN1CC)=C1SC(=S)N(CC)C1=O. The van der Waals surface area contributed by atoms with Crippen molar-refractivity contribution < 1.29 is 9.53 Å². The summed E-state index contributed by atoms with van der Waals surface area (Å²) < 4.78 is 6.34. The van der Waals surface area contributed by atoms with Crippen molar-refractivity contribution in [3.05, 3.63) is 21.8 Å². The van der Waals surface area contributed by atoms with E-state index in [4.69, 9.17) is 17.0 Å². The zero-order valence-corrected chi connectivity index (χ0v) is 15.0. The molecular formula is C14H20N2O2S3. The first-order valence-electron chi connectivity index (χ1n) is 7.12. The summed E-state index contributed by atoms with van der Waals surface area (Å²) in [5.41, 5.74) is 0. The van der Waals surface area contributed by atoms with Crippen LogP contribution in [0.15, 0.2) is 21.8 Å². The number of nitrogens with zero attached hydrogens (tertiary/aromatic N) is 2. The highest BCUT2D eigenvalue weighted by Crippen LogP contribution is 2.36. The minimum absolute atomic E-state index is 0.0427. The van der Waals surface area contributed by atoms with Gasteiger partial charge in [-0.1, -0.05) is 24.0 Å². The molecule has 21 heavy (non-hydrogen) atoms. The molecule has 4 nitrogen and oxygen atoms in total. The normalized spacial score (nSPS) is 23.5. The molecular weight excluding hydrogens is 324 g/mol. The topological polar surface area (TPSA) is 32.8 Å². The number of allylic oxidation sites excluding steroid dienone is 1. The number of thioether (sulfide) groups is 2. The van der Waals surface area contributed by atoms with Gasteiger partial charge in [-0.3, -0.25) is 9.69 Å². The molecule has 0 aromatic carbocycles. The van der Waals surface area contributed by atoms with E-state index in [2.05, 4.69) is 11.8 Å². The van der Waals surface area contributed by atoms with Crippen molar-refractivity contribution in [3.8, 4) is 0 Å². The number of hydrogen-bond acceptors (Lipinski definition) is 6. The highest BCUT2D eigenvalue weighted by atomic mass is 32.2. The van der Waals surface area contributed by atoms with Crippen LogP contribution in [0.2, 0.25) is 0 Å². The summed E-state index contributed by atoms with van der Waals surface area (Å²) >= 11 is 8.41. The van der Waals surface area contributed by atoms with Crippen molar-refractivity contribution in [1.82, 2.24) is 9.80 Å². The second kappa shape index (κ2) is 7.56. The van der Waals surface area contributed by atoms with Gasteiger partial charge in [0, 0.05) is 31.5 Å². The fraction of sp³-hybridized carbons (Fsp3) is 0.571. The Kier molecular flexibility index (Phi) is 6.01. The third-order valence-electron chi connectivity index (χ3n) is 3.25. The lowest BCUT2D eigenvalue weighted by Gasteiger charge is -2.17. The van der Waals surface area contributed by atoms with Crippen molar-refractivity contribution in [3.63, 3.8) is 0 Å². The summed E-state index contributed by atoms with van der Waals surface area (Å²) in [7, 11) is 0. The van der Waals surface area contributed by atoms with Gasteiger partial charge in [0.2, 0.25) is 0 Å². The first kappa shape index (κ1) is 16.7. The monoisotopic (exact) mass is 344 g/mol. The molecule has 0 aromatic heterocycles. The third-order valence-corrected chi connectivity index (χ3v) is 5.75. The molecule has 0 atom stereocenters. The van der Waals surface area contributed by atoms with Crippen LogP contribution in [-0.4, -0.2) is 52.0 Å². The predicted octanol–water partition coefficient (Wildman–Crippen LogP) is 3.02. The average Bonchev–Trinajstić information content (AvgIpc) is 3.02. The van der Waals surface area contributed by atoms with E-state index in [1.54, 1.807) is 16.7 Å². The molecule has 0 spiro atoms. The largest absolute Gasteiger partial charge is 0.492 e. The maximum Gasteiger partial charge on any atom is 0.269 e. The summed E-state index contributed by atoms with van der Waals surface area (Å²) in [6.07, 6.45) is 1.99. The van der Waals surface area contributed by atoms with Crippen LogP contribution in [0.1, 0.15) is 20.8 Å². The predicted molar refractivity (Wildman–Crippen MR) is 94.0 cm³/mol. The van der Waals surface area contributed by atoms with E-state index in [1.807, 2.05) is 19.9 Å². The van der Waals surface area contributed by atoms with Crippen molar-refractivity contribution in [2.24, 2.45) is 0 Å². The van der Waals surface area contributed by atoms with E-state index < -0.39 is 0 Å². The molecule has 2 fully saturated rings. The van der Waals surface area contributed by atoms with Gasteiger partial charge < -0.3 is 9.64 Å². The average molecular weight is 345 g/mol. The first-order valence-corrected chi connectivity index (χ1v) is 9.33. The Morgan fingerprint density at radius 3 is 2.71 bits per heavy atom. The van der Waals surface area contributed by atoms with Crippen LogP contribution in [0, 0.1) is 0 Å². The Morgan fingerprint density at radius 2 is 2.14 bits per heavy atom. The third kappa shape index (κ3) is 3.57. The fourth-order valence-electron chi connectivity index (χ4n) is 2.17. The number of rotatable bonds is 5. The Hall–Kier alpha value is -0.660. The van der Waals surface area contributed by atoms with Crippen LogP contribution >= 0.6 is 35.7 Å². The molecule has 0 bridgehead atoms. The summed E-state index contributed by atoms with van der Waals surface area (Å²) in [5, 5.41) is 1.17. The Labute approximate surface area is 139 Å². The number of amides is 1. The van der Waals surface area contributed by atoms with Crippen molar-refractivity contribution >= 4 is 46.0 Å². The molecule has 1 amide bonds. The van der Waals surface area contributed by atoms with Crippen LogP contribution in [0.3, 0.4) is 0 Å². The van der Waals surface area contributed by atoms with Crippen molar-refractivity contribution in [1.29, 1.82) is 0 Å². The summed E-state index contributed by atoms with van der Waals surface area (Å²) in [4.78, 5) is 16.9. The van der Waals surface area contributed by atoms with Gasteiger partial charge in [0.1, 0.15) is 15.0 Å². The highest BCUT2D eigenvalue weighted by molar-refractivity contribution is 8.26. The molecule has 0 aliphatic carbocycles. The molecule has 0 N–H and O–H groups in total. The second-order valence-electron chi connectivity index (χ2n) is 4.45. The van der Waals surface area contributed by atoms with Crippen LogP contribution < -0.4 is 0 Å². The maximum absolute atomic E-state index is 12.4. The Balaban J connectivity index is 2.35. The minimum Gasteiger partial charge on any atom is -0.492 e. The van der Waals surface area contributed by atoms with Gasteiger partial charge >= 0.3 is 0 Å². The van der Waals surface area contributed by atoms with Crippen molar-refractivity contribution in [2.75, 3.05) is 32.0 Å². The zero-order valence-electron chi connectivity index (χ0n) is 12.5. The fourth-order valence-corrected chi connectivity index (χ4v) is 4.66. The van der Waals surface area contributed by atoms with Crippen LogP contribution in [0.5, 0.6) is 0 Å². The quantitative estimate of drug-likeness (QED) is 0.433. The van der Waals surface area contributed by atoms with E-state index in [-0.39, 0.29) is 5.91 Å². The van der Waals surface area contributed by atoms with Crippen LogP contribution in [0.4, 0.5) is 0 Å². The Morgan fingerprint density at radius 1 is 1.38 bits per heavy atom. The van der Waals surface area contributed by atoms with Gasteiger partial charge in [0.25, 0.3) is 5.91 Å². The van der Waals surface area contributed by atoms with Crippen LogP contribution in [0.25, 0.3) is 0 Å². The lowest BCUT2D eigenvalue weighted by Crippen LogP contribution is -2.27. The summed E-state index contributed by atoms with van der Waals surface area (Å²) in [6, 6.07) is 0. The van der Waals surface area contributed by atoms with E-state index in [9.17, 15) is 4.79 Å². The molecule has 2 aliphatic rings. The molecule has 2 saturated heterocycles. The Bertz CT molecular complexity index is 502. The van der Waals surface area contributed by atoms with Crippen LogP contribution in [-0.2, 0) is 9.53 Å². The van der Waals surface area contributed by atoms with Gasteiger partial charge in [0.15, 0.2) is 0 Å². The number of carbonyl (C=O) groups excluding carboxylic acids is 1. The zero-order chi connectivity index (χ0) is 15.4. The number of thiocarbonyl (C=S) groups is 1. The van der Waals surface area contributed by atoms with Crippen molar-refractivity contribution in [2.45, 2.75) is 20.8 Å². The van der Waals surface area contributed by atoms with Gasteiger partial charge in [-0.15, -0.1) is 11.8 Å². The molecule has 0 radical (unpaired) electrons.